The van der Waals surface area contributed by atoms with Crippen molar-refractivity contribution >= 4 is 21.6 Å². The molecule has 0 aliphatic carbocycles. The van der Waals surface area contributed by atoms with Crippen LogP contribution in [0.5, 0.6) is 0 Å². The number of likely N-dealkylation sites (N-methyl/N-ethyl adjacent to an activating group) is 1. The number of piperazine rings is 1. The normalized spacial score (nSPS) is 21.0. The minimum Gasteiger partial charge on any atom is -0.367 e. The first-order valence-corrected chi connectivity index (χ1v) is 10.4. The smallest absolute Gasteiger partial charge is 0.301 e. The summed E-state index contributed by atoms with van der Waals surface area (Å²) in [7, 11) is -3.47. The average Bonchev–Trinajstić information content (AvgIpc) is 2.63. The van der Waals surface area contributed by atoms with Gasteiger partial charge in [0.1, 0.15) is 0 Å². The van der Waals surface area contributed by atoms with Crippen LogP contribution in [0.1, 0.15) is 26.2 Å². The van der Waals surface area contributed by atoms with Crippen molar-refractivity contribution in [2.75, 3.05) is 55.4 Å². The summed E-state index contributed by atoms with van der Waals surface area (Å²) in [5.41, 5.74) is 1.67. The summed E-state index contributed by atoms with van der Waals surface area (Å²) in [5.74, 6) is 0. The Labute approximate surface area is 145 Å². The molecule has 1 N–H and O–H groups in total. The maximum Gasteiger partial charge on any atom is 0.301 e. The third kappa shape index (κ3) is 4.02. The Kier molecular flexibility index (Phi) is 5.63. The zero-order valence-corrected chi connectivity index (χ0v) is 15.3. The first-order chi connectivity index (χ1) is 11.6. The molecule has 2 aliphatic heterocycles. The maximum absolute atomic E-state index is 12.7. The van der Waals surface area contributed by atoms with Crippen LogP contribution in [0.2, 0.25) is 0 Å². The SMILES string of the molecule is CCN1CCN(c2ccccc2NS(=O)(=O)N2CCCCC2)CC1. The highest BCUT2D eigenvalue weighted by Gasteiger charge is 2.26. The third-order valence-electron chi connectivity index (χ3n) is 4.96. The molecule has 2 heterocycles. The van der Waals surface area contributed by atoms with Gasteiger partial charge in [-0.2, -0.15) is 12.7 Å². The van der Waals surface area contributed by atoms with E-state index in [2.05, 4.69) is 21.4 Å². The van der Waals surface area contributed by atoms with E-state index in [1.165, 1.54) is 0 Å². The predicted molar refractivity (Wildman–Crippen MR) is 98.7 cm³/mol. The molecule has 1 aromatic rings. The summed E-state index contributed by atoms with van der Waals surface area (Å²) >= 11 is 0. The lowest BCUT2D eigenvalue weighted by molar-refractivity contribution is 0.271. The summed E-state index contributed by atoms with van der Waals surface area (Å²) in [6.45, 7) is 8.37. The van der Waals surface area contributed by atoms with Crippen molar-refractivity contribution in [2.24, 2.45) is 0 Å². The summed E-state index contributed by atoms with van der Waals surface area (Å²) in [6.07, 6.45) is 3.01. The van der Waals surface area contributed by atoms with Gasteiger partial charge in [-0.1, -0.05) is 25.5 Å². The molecule has 24 heavy (non-hydrogen) atoms. The molecular formula is C17H28N4O2S. The number of piperidine rings is 1. The number of anilines is 2. The molecule has 0 amide bonds. The second-order valence-electron chi connectivity index (χ2n) is 6.51. The molecule has 2 aliphatic rings. The van der Waals surface area contributed by atoms with Gasteiger partial charge in [0.05, 0.1) is 11.4 Å². The quantitative estimate of drug-likeness (QED) is 0.880. The summed E-state index contributed by atoms with van der Waals surface area (Å²) in [6, 6.07) is 7.73. The number of nitrogens with one attached hydrogen (secondary N) is 1. The Morgan fingerprint density at radius 3 is 2.29 bits per heavy atom. The van der Waals surface area contributed by atoms with Crippen molar-refractivity contribution in [1.29, 1.82) is 0 Å². The van der Waals surface area contributed by atoms with Crippen LogP contribution in [-0.4, -0.2) is 63.4 Å². The Morgan fingerprint density at radius 2 is 1.62 bits per heavy atom. The van der Waals surface area contributed by atoms with Crippen LogP contribution in [0.3, 0.4) is 0 Å². The number of nitrogens with zero attached hydrogens (tertiary/aromatic N) is 3. The van der Waals surface area contributed by atoms with Gasteiger partial charge in [-0.15, -0.1) is 0 Å². The fourth-order valence-corrected chi connectivity index (χ4v) is 4.77. The van der Waals surface area contributed by atoms with Gasteiger partial charge in [0, 0.05) is 39.3 Å². The van der Waals surface area contributed by atoms with E-state index in [9.17, 15) is 8.42 Å². The third-order valence-corrected chi connectivity index (χ3v) is 6.48. The summed E-state index contributed by atoms with van der Waals surface area (Å²) in [4.78, 5) is 4.69. The van der Waals surface area contributed by atoms with Crippen molar-refractivity contribution in [3.63, 3.8) is 0 Å². The van der Waals surface area contributed by atoms with E-state index in [1.54, 1.807) is 4.31 Å². The Balaban J connectivity index is 1.74. The lowest BCUT2D eigenvalue weighted by atomic mass is 10.2. The molecule has 6 nitrogen and oxygen atoms in total. The van der Waals surface area contributed by atoms with Gasteiger partial charge in [-0.25, -0.2) is 0 Å². The number of benzene rings is 1. The lowest BCUT2D eigenvalue weighted by Crippen LogP contribution is -2.46. The molecule has 0 aromatic heterocycles. The molecular weight excluding hydrogens is 324 g/mol. The van der Waals surface area contributed by atoms with Gasteiger partial charge in [0.15, 0.2) is 0 Å². The molecule has 0 saturated carbocycles. The Morgan fingerprint density at radius 1 is 0.958 bits per heavy atom. The topological polar surface area (TPSA) is 55.9 Å². The summed E-state index contributed by atoms with van der Waals surface area (Å²) in [5, 5.41) is 0. The van der Waals surface area contributed by atoms with Crippen LogP contribution in [-0.2, 0) is 10.2 Å². The lowest BCUT2D eigenvalue weighted by Gasteiger charge is -2.36. The summed E-state index contributed by atoms with van der Waals surface area (Å²) < 4.78 is 29.7. The minimum atomic E-state index is -3.47. The predicted octanol–water partition coefficient (Wildman–Crippen LogP) is 1.97. The second-order valence-corrected chi connectivity index (χ2v) is 8.18. The molecule has 0 spiro atoms. The zero-order valence-electron chi connectivity index (χ0n) is 14.4. The number of hydrogen-bond donors (Lipinski definition) is 1. The molecule has 134 valence electrons. The number of para-hydroxylation sites is 2. The Bertz CT molecular complexity index is 636. The molecule has 7 heteroatoms. The highest BCUT2D eigenvalue weighted by molar-refractivity contribution is 7.90. The highest BCUT2D eigenvalue weighted by Crippen LogP contribution is 2.28. The van der Waals surface area contributed by atoms with Gasteiger partial charge in [0.25, 0.3) is 0 Å². The second kappa shape index (κ2) is 7.72. The van der Waals surface area contributed by atoms with Crippen LogP contribution in [0.25, 0.3) is 0 Å². The molecule has 0 atom stereocenters. The first kappa shape index (κ1) is 17.5. The van der Waals surface area contributed by atoms with Crippen LogP contribution in [0.15, 0.2) is 24.3 Å². The van der Waals surface area contributed by atoms with E-state index < -0.39 is 10.2 Å². The van der Waals surface area contributed by atoms with E-state index in [1.807, 2.05) is 24.3 Å². The van der Waals surface area contributed by atoms with E-state index >= 15 is 0 Å². The van der Waals surface area contributed by atoms with Gasteiger partial charge in [0.2, 0.25) is 0 Å². The first-order valence-electron chi connectivity index (χ1n) is 8.94. The molecule has 0 bridgehead atoms. The highest BCUT2D eigenvalue weighted by atomic mass is 32.2. The van der Waals surface area contributed by atoms with E-state index in [0.29, 0.717) is 18.8 Å². The average molecular weight is 353 g/mol. The van der Waals surface area contributed by atoms with Gasteiger partial charge in [-0.05, 0) is 31.5 Å². The van der Waals surface area contributed by atoms with Gasteiger partial charge >= 0.3 is 10.2 Å². The van der Waals surface area contributed by atoms with Crippen molar-refractivity contribution in [1.82, 2.24) is 9.21 Å². The van der Waals surface area contributed by atoms with E-state index in [-0.39, 0.29) is 0 Å². The monoisotopic (exact) mass is 352 g/mol. The fourth-order valence-electron chi connectivity index (χ4n) is 3.45. The van der Waals surface area contributed by atoms with Crippen LogP contribution in [0, 0.1) is 0 Å². The Hall–Kier alpha value is -1.31. The van der Waals surface area contributed by atoms with E-state index in [4.69, 9.17) is 0 Å². The minimum absolute atomic E-state index is 0.618. The number of rotatable bonds is 5. The molecule has 2 fully saturated rings. The van der Waals surface area contributed by atoms with Crippen LogP contribution >= 0.6 is 0 Å². The number of hydrogen-bond acceptors (Lipinski definition) is 4. The largest absolute Gasteiger partial charge is 0.367 e. The van der Waals surface area contributed by atoms with Gasteiger partial charge in [-0.3, -0.25) is 4.72 Å². The molecule has 0 radical (unpaired) electrons. The fraction of sp³-hybridized carbons (Fsp3) is 0.647. The van der Waals surface area contributed by atoms with Crippen molar-refractivity contribution < 1.29 is 8.42 Å². The van der Waals surface area contributed by atoms with Crippen molar-refractivity contribution in [2.45, 2.75) is 26.2 Å². The molecule has 0 unspecified atom stereocenters. The van der Waals surface area contributed by atoms with Crippen molar-refractivity contribution in [3.8, 4) is 0 Å². The standard InChI is InChI=1S/C17H28N4O2S/c1-2-19-12-14-20(15-13-19)17-9-5-4-8-16(17)18-24(22,23)21-10-6-3-7-11-21/h4-5,8-9,18H,2-3,6-7,10-15H2,1H3. The molecule has 2 saturated heterocycles. The van der Waals surface area contributed by atoms with E-state index in [0.717, 1.165) is 57.7 Å². The molecule has 1 aromatic carbocycles. The van der Waals surface area contributed by atoms with Crippen LogP contribution in [0.4, 0.5) is 11.4 Å². The van der Waals surface area contributed by atoms with Crippen molar-refractivity contribution in [3.05, 3.63) is 24.3 Å². The zero-order chi connectivity index (χ0) is 17.0. The van der Waals surface area contributed by atoms with Gasteiger partial charge < -0.3 is 9.80 Å². The van der Waals surface area contributed by atoms with Crippen LogP contribution < -0.4 is 9.62 Å². The molecule has 3 rings (SSSR count). The maximum atomic E-state index is 12.7.